The van der Waals surface area contributed by atoms with Gasteiger partial charge in [0, 0.05) is 12.6 Å². The van der Waals surface area contributed by atoms with Crippen LogP contribution < -0.4 is 5.73 Å². The van der Waals surface area contributed by atoms with Crippen molar-refractivity contribution >= 4 is 17.2 Å². The molecule has 0 aliphatic heterocycles. The van der Waals surface area contributed by atoms with E-state index in [0.717, 1.165) is 25.9 Å². The van der Waals surface area contributed by atoms with Crippen molar-refractivity contribution in [2.75, 3.05) is 13.1 Å². The highest BCUT2D eigenvalue weighted by atomic mass is 32.1. The molecule has 0 saturated carbocycles. The lowest BCUT2D eigenvalue weighted by molar-refractivity contribution is 0.234. The lowest BCUT2D eigenvalue weighted by Crippen LogP contribution is -2.39. The topological polar surface area (TPSA) is 29.3 Å². The first-order valence-electron chi connectivity index (χ1n) is 4.64. The van der Waals surface area contributed by atoms with Gasteiger partial charge in [0.05, 0.1) is 4.99 Å². The molecule has 0 aromatic rings. The average Bonchev–Trinajstić information content (AvgIpc) is 2.01. The van der Waals surface area contributed by atoms with Gasteiger partial charge in [-0.05, 0) is 26.3 Å². The van der Waals surface area contributed by atoms with E-state index in [9.17, 15) is 0 Å². The van der Waals surface area contributed by atoms with Crippen LogP contribution in [0.2, 0.25) is 0 Å². The highest BCUT2D eigenvalue weighted by molar-refractivity contribution is 7.80. The zero-order chi connectivity index (χ0) is 9.56. The molecule has 0 fully saturated rings. The van der Waals surface area contributed by atoms with Crippen molar-refractivity contribution < 1.29 is 0 Å². The Hall–Kier alpha value is -0.150. The summed E-state index contributed by atoms with van der Waals surface area (Å²) in [4.78, 5) is 2.94. The minimum atomic E-state index is 0.589. The molecule has 0 saturated heterocycles. The molecule has 0 aliphatic rings. The summed E-state index contributed by atoms with van der Waals surface area (Å²) < 4.78 is 0. The number of hydrogen-bond donors (Lipinski definition) is 1. The van der Waals surface area contributed by atoms with Gasteiger partial charge >= 0.3 is 0 Å². The molecule has 0 amide bonds. The van der Waals surface area contributed by atoms with Gasteiger partial charge in [-0.15, -0.1) is 0 Å². The molecule has 0 aromatic heterocycles. The fraction of sp³-hybridized carbons (Fsp3) is 0.889. The van der Waals surface area contributed by atoms with E-state index in [2.05, 4.69) is 25.7 Å². The van der Waals surface area contributed by atoms with Gasteiger partial charge in [-0.2, -0.15) is 0 Å². The van der Waals surface area contributed by atoms with Gasteiger partial charge in [-0.1, -0.05) is 26.1 Å². The molecule has 1 unspecified atom stereocenters. The molecule has 2 nitrogen and oxygen atoms in total. The van der Waals surface area contributed by atoms with E-state index in [1.165, 1.54) is 0 Å². The molecule has 0 spiro atoms. The maximum absolute atomic E-state index is 5.51. The second kappa shape index (κ2) is 6.38. The largest absolute Gasteiger partial charge is 0.392 e. The second-order valence-electron chi connectivity index (χ2n) is 3.19. The summed E-state index contributed by atoms with van der Waals surface area (Å²) >= 11 is 4.89. The minimum Gasteiger partial charge on any atom is -0.392 e. The van der Waals surface area contributed by atoms with E-state index in [0.29, 0.717) is 11.0 Å². The number of rotatable bonds is 6. The SMILES string of the molecule is CCCN(CC(N)=S)C(C)CC. The Morgan fingerprint density at radius 2 is 2.08 bits per heavy atom. The Labute approximate surface area is 81.1 Å². The quantitative estimate of drug-likeness (QED) is 0.644. The average molecular weight is 188 g/mol. The van der Waals surface area contributed by atoms with Crippen molar-refractivity contribution in [3.8, 4) is 0 Å². The van der Waals surface area contributed by atoms with Crippen molar-refractivity contribution in [1.82, 2.24) is 4.90 Å². The van der Waals surface area contributed by atoms with Crippen LogP contribution in [0.25, 0.3) is 0 Å². The fourth-order valence-corrected chi connectivity index (χ4v) is 1.37. The normalized spacial score (nSPS) is 13.3. The molecular formula is C9H20N2S. The van der Waals surface area contributed by atoms with Crippen LogP contribution in [-0.4, -0.2) is 29.0 Å². The summed E-state index contributed by atoms with van der Waals surface area (Å²) in [5.74, 6) is 0. The van der Waals surface area contributed by atoms with Gasteiger partial charge < -0.3 is 5.73 Å². The van der Waals surface area contributed by atoms with Gasteiger partial charge in [0.1, 0.15) is 0 Å². The van der Waals surface area contributed by atoms with Gasteiger partial charge in [0.15, 0.2) is 0 Å². The summed E-state index contributed by atoms with van der Waals surface area (Å²) in [6.07, 6.45) is 2.32. The van der Waals surface area contributed by atoms with Gasteiger partial charge in [0.25, 0.3) is 0 Å². The monoisotopic (exact) mass is 188 g/mol. The first kappa shape index (κ1) is 11.8. The first-order chi connectivity index (χ1) is 5.61. The van der Waals surface area contributed by atoms with Crippen molar-refractivity contribution in [3.05, 3.63) is 0 Å². The van der Waals surface area contributed by atoms with Crippen LogP contribution in [0.1, 0.15) is 33.6 Å². The molecule has 1 atom stereocenters. The molecular weight excluding hydrogens is 168 g/mol. The molecule has 0 aliphatic carbocycles. The highest BCUT2D eigenvalue weighted by Crippen LogP contribution is 2.03. The second-order valence-corrected chi connectivity index (χ2v) is 3.72. The number of nitrogens with zero attached hydrogens (tertiary/aromatic N) is 1. The summed E-state index contributed by atoms with van der Waals surface area (Å²) in [6.45, 7) is 8.43. The molecule has 0 heterocycles. The van der Waals surface area contributed by atoms with E-state index in [1.807, 2.05) is 0 Å². The van der Waals surface area contributed by atoms with Gasteiger partial charge in [0.2, 0.25) is 0 Å². The minimum absolute atomic E-state index is 0.589. The first-order valence-corrected chi connectivity index (χ1v) is 5.05. The maximum Gasteiger partial charge on any atom is 0.0870 e. The fourth-order valence-electron chi connectivity index (χ4n) is 1.20. The maximum atomic E-state index is 5.51. The van der Waals surface area contributed by atoms with E-state index < -0.39 is 0 Å². The standard InChI is InChI=1S/C9H20N2S/c1-4-6-11(7-9(10)12)8(3)5-2/h8H,4-7H2,1-3H3,(H2,10,12). The molecule has 0 aromatic carbocycles. The van der Waals surface area contributed by atoms with E-state index >= 15 is 0 Å². The molecule has 0 bridgehead atoms. The molecule has 3 heteroatoms. The predicted octanol–water partition coefficient (Wildman–Crippen LogP) is 1.78. The Morgan fingerprint density at radius 3 is 2.42 bits per heavy atom. The Bertz CT molecular complexity index is 136. The Morgan fingerprint density at radius 1 is 1.50 bits per heavy atom. The van der Waals surface area contributed by atoms with Crippen molar-refractivity contribution in [3.63, 3.8) is 0 Å². The third kappa shape index (κ3) is 4.67. The third-order valence-electron chi connectivity index (χ3n) is 2.08. The third-order valence-corrected chi connectivity index (χ3v) is 2.21. The molecule has 2 N–H and O–H groups in total. The van der Waals surface area contributed by atoms with Crippen molar-refractivity contribution in [2.45, 2.75) is 39.7 Å². The van der Waals surface area contributed by atoms with Gasteiger partial charge in [-0.3, -0.25) is 4.90 Å². The van der Waals surface area contributed by atoms with Crippen molar-refractivity contribution in [1.29, 1.82) is 0 Å². The van der Waals surface area contributed by atoms with Crippen LogP contribution in [0.3, 0.4) is 0 Å². The van der Waals surface area contributed by atoms with Crippen molar-refractivity contribution in [2.24, 2.45) is 5.73 Å². The molecule has 0 radical (unpaired) electrons. The molecule has 12 heavy (non-hydrogen) atoms. The van der Waals surface area contributed by atoms with Crippen LogP contribution in [0, 0.1) is 0 Å². The predicted molar refractivity (Wildman–Crippen MR) is 58.4 cm³/mol. The summed E-state index contributed by atoms with van der Waals surface area (Å²) in [5, 5.41) is 0. The summed E-state index contributed by atoms with van der Waals surface area (Å²) in [5.41, 5.74) is 5.51. The van der Waals surface area contributed by atoms with E-state index in [1.54, 1.807) is 0 Å². The number of hydrogen-bond acceptors (Lipinski definition) is 2. The lowest BCUT2D eigenvalue weighted by atomic mass is 10.2. The number of thiocarbonyl (C=S) groups is 1. The van der Waals surface area contributed by atoms with Crippen LogP contribution in [0.5, 0.6) is 0 Å². The lowest BCUT2D eigenvalue weighted by Gasteiger charge is -2.27. The van der Waals surface area contributed by atoms with Crippen LogP contribution in [0.4, 0.5) is 0 Å². The molecule has 0 rings (SSSR count). The van der Waals surface area contributed by atoms with Gasteiger partial charge in [-0.25, -0.2) is 0 Å². The van der Waals surface area contributed by atoms with Crippen LogP contribution >= 0.6 is 12.2 Å². The Kier molecular flexibility index (Phi) is 6.30. The zero-order valence-corrected chi connectivity index (χ0v) is 9.16. The van der Waals surface area contributed by atoms with Crippen LogP contribution in [-0.2, 0) is 0 Å². The Balaban J connectivity index is 3.93. The van der Waals surface area contributed by atoms with E-state index in [-0.39, 0.29) is 0 Å². The van der Waals surface area contributed by atoms with E-state index in [4.69, 9.17) is 18.0 Å². The highest BCUT2D eigenvalue weighted by Gasteiger charge is 2.10. The summed E-state index contributed by atoms with van der Waals surface area (Å²) in [7, 11) is 0. The smallest absolute Gasteiger partial charge is 0.0870 e. The zero-order valence-electron chi connectivity index (χ0n) is 8.34. The molecule has 72 valence electrons. The van der Waals surface area contributed by atoms with Crippen LogP contribution in [0.15, 0.2) is 0 Å². The summed E-state index contributed by atoms with van der Waals surface area (Å²) in [6, 6.07) is 0.589. The number of nitrogens with two attached hydrogens (primary N) is 1.